The highest BCUT2D eigenvalue weighted by Crippen LogP contribution is 2.35. The average molecular weight is 486 g/mol. The van der Waals surface area contributed by atoms with Gasteiger partial charge in [-0.05, 0) is 60.7 Å². The van der Waals surface area contributed by atoms with E-state index >= 15 is 0 Å². The Morgan fingerprint density at radius 3 is 1.03 bits per heavy atom. The maximum atomic E-state index is 11.4. The van der Waals surface area contributed by atoms with E-state index in [0.717, 1.165) is 12.1 Å². The molecule has 0 aliphatic carbocycles. The summed E-state index contributed by atoms with van der Waals surface area (Å²) in [7, 11) is 0. The van der Waals surface area contributed by atoms with Gasteiger partial charge in [-0.3, -0.25) is 0 Å². The number of aromatic carboxylic acids is 4. The van der Waals surface area contributed by atoms with Crippen molar-refractivity contribution in [1.29, 1.82) is 0 Å². The molecule has 0 aliphatic rings. The summed E-state index contributed by atoms with van der Waals surface area (Å²) in [5, 5.41) is 38.4. The van der Waals surface area contributed by atoms with Crippen LogP contribution in [-0.2, 0) is 0 Å². The molecule has 0 atom stereocenters. The lowest BCUT2D eigenvalue weighted by atomic mass is 10.0. The Kier molecular flexibility index (Phi) is 5.06. The van der Waals surface area contributed by atoms with Gasteiger partial charge in [0.25, 0.3) is 0 Å². The lowest BCUT2D eigenvalue weighted by molar-refractivity contribution is 0.0676. The van der Waals surface area contributed by atoms with Crippen LogP contribution in [-0.4, -0.2) is 44.3 Å². The third-order valence-corrected chi connectivity index (χ3v) is 5.58. The number of rotatable bonds is 6. The number of fused-ring (bicyclic) bond motifs is 2. The van der Waals surface area contributed by atoms with Crippen molar-refractivity contribution < 1.29 is 48.4 Å². The molecule has 3 aromatic carbocycles. The van der Waals surface area contributed by atoms with Crippen LogP contribution in [0.2, 0.25) is 0 Å². The first kappa shape index (κ1) is 22.4. The van der Waals surface area contributed by atoms with E-state index in [0.29, 0.717) is 21.9 Å². The van der Waals surface area contributed by atoms with Crippen molar-refractivity contribution in [2.75, 3.05) is 0 Å². The van der Waals surface area contributed by atoms with Crippen molar-refractivity contribution in [1.82, 2.24) is 0 Å². The lowest BCUT2D eigenvalue weighted by Gasteiger charge is -2.03. The molecule has 2 aromatic heterocycles. The van der Waals surface area contributed by atoms with Gasteiger partial charge < -0.3 is 29.3 Å². The fourth-order valence-corrected chi connectivity index (χ4v) is 3.89. The zero-order valence-electron chi connectivity index (χ0n) is 18.0. The van der Waals surface area contributed by atoms with Crippen molar-refractivity contribution in [2.45, 2.75) is 0 Å². The van der Waals surface area contributed by atoms with Crippen LogP contribution in [0.25, 0.3) is 44.6 Å². The molecule has 0 saturated heterocycles. The topological polar surface area (TPSA) is 175 Å². The predicted molar refractivity (Wildman–Crippen MR) is 125 cm³/mol. The standard InChI is InChI=1S/C26H14O10/c27-23(28)15-1-11(2-16(5-15)24(29)30)19-7-13-9-22-14(10-21(13)35-19)8-20(36-22)12-3-17(25(31)32)6-18(4-12)26(33)34/h1-10H,(H,27,28)(H,29,30)(H,31,32)(H,33,34). The molecule has 0 bridgehead atoms. The molecule has 0 aliphatic heterocycles. The van der Waals surface area contributed by atoms with Crippen LogP contribution < -0.4 is 0 Å². The molecule has 10 nitrogen and oxygen atoms in total. The molecule has 4 N–H and O–H groups in total. The third-order valence-electron chi connectivity index (χ3n) is 5.58. The van der Waals surface area contributed by atoms with E-state index in [1.807, 2.05) is 0 Å². The van der Waals surface area contributed by atoms with Gasteiger partial charge in [-0.1, -0.05) is 0 Å². The van der Waals surface area contributed by atoms with Gasteiger partial charge in [0.1, 0.15) is 22.7 Å². The summed E-state index contributed by atoms with van der Waals surface area (Å²) in [5.74, 6) is -4.61. The molecule has 0 unspecified atom stereocenters. The summed E-state index contributed by atoms with van der Waals surface area (Å²) < 4.78 is 11.7. The van der Waals surface area contributed by atoms with E-state index < -0.39 is 23.9 Å². The number of carboxylic acid groups (broad SMARTS) is 4. The van der Waals surface area contributed by atoms with Gasteiger partial charge in [0.2, 0.25) is 0 Å². The van der Waals surface area contributed by atoms with Crippen molar-refractivity contribution in [2.24, 2.45) is 0 Å². The molecular formula is C26H14O10. The Bertz CT molecular complexity index is 1510. The van der Waals surface area contributed by atoms with Gasteiger partial charge >= 0.3 is 23.9 Å². The molecular weight excluding hydrogens is 472 g/mol. The summed E-state index contributed by atoms with van der Waals surface area (Å²) in [6, 6.07) is 13.9. The summed E-state index contributed by atoms with van der Waals surface area (Å²) >= 11 is 0. The van der Waals surface area contributed by atoms with Crippen LogP contribution in [0.1, 0.15) is 41.4 Å². The van der Waals surface area contributed by atoms with Crippen LogP contribution in [0.4, 0.5) is 0 Å². The van der Waals surface area contributed by atoms with Crippen molar-refractivity contribution in [3.05, 3.63) is 82.9 Å². The zero-order valence-corrected chi connectivity index (χ0v) is 18.0. The summed E-state index contributed by atoms with van der Waals surface area (Å²) in [6.45, 7) is 0. The quantitative estimate of drug-likeness (QED) is 0.246. The highest BCUT2D eigenvalue weighted by Gasteiger charge is 2.18. The molecule has 2 heterocycles. The van der Waals surface area contributed by atoms with Crippen molar-refractivity contribution in [3.8, 4) is 22.6 Å². The lowest BCUT2D eigenvalue weighted by Crippen LogP contribution is -2.02. The molecule has 36 heavy (non-hydrogen) atoms. The number of furan rings is 2. The Hall–Kier alpha value is -5.38. The minimum atomic E-state index is -1.28. The average Bonchev–Trinajstić information content (AvgIpc) is 3.45. The normalized spacial score (nSPS) is 11.1. The van der Waals surface area contributed by atoms with Crippen LogP contribution >= 0.6 is 0 Å². The van der Waals surface area contributed by atoms with E-state index in [1.54, 1.807) is 24.3 Å². The van der Waals surface area contributed by atoms with Crippen molar-refractivity contribution >= 4 is 45.8 Å². The first-order chi connectivity index (χ1) is 17.1. The molecule has 5 aromatic rings. The number of benzene rings is 3. The van der Waals surface area contributed by atoms with Crippen LogP contribution in [0, 0.1) is 0 Å². The van der Waals surface area contributed by atoms with Gasteiger partial charge in [-0.15, -0.1) is 0 Å². The predicted octanol–water partition coefficient (Wildman–Crippen LogP) is 5.31. The largest absolute Gasteiger partial charge is 0.478 e. The molecule has 0 spiro atoms. The van der Waals surface area contributed by atoms with Gasteiger partial charge in [-0.2, -0.15) is 0 Å². The fourth-order valence-electron chi connectivity index (χ4n) is 3.89. The molecule has 0 saturated carbocycles. The van der Waals surface area contributed by atoms with Gasteiger partial charge in [0.15, 0.2) is 0 Å². The second-order valence-corrected chi connectivity index (χ2v) is 7.97. The molecule has 10 heteroatoms. The summed E-state index contributed by atoms with van der Waals surface area (Å²) in [4.78, 5) is 45.7. The minimum Gasteiger partial charge on any atom is -0.478 e. The molecule has 0 amide bonds. The van der Waals surface area contributed by atoms with E-state index in [9.17, 15) is 39.6 Å². The van der Waals surface area contributed by atoms with Gasteiger partial charge in [0.05, 0.1) is 22.3 Å². The number of carboxylic acids is 4. The zero-order chi connectivity index (χ0) is 25.7. The summed E-state index contributed by atoms with van der Waals surface area (Å²) in [5.41, 5.74) is 0.559. The first-order valence-electron chi connectivity index (χ1n) is 10.3. The fraction of sp³-hybridized carbons (Fsp3) is 0. The van der Waals surface area contributed by atoms with Crippen molar-refractivity contribution in [3.63, 3.8) is 0 Å². The molecule has 0 radical (unpaired) electrons. The van der Waals surface area contributed by atoms with Crippen LogP contribution in [0.15, 0.2) is 69.5 Å². The minimum absolute atomic E-state index is 0.201. The van der Waals surface area contributed by atoms with Crippen LogP contribution in [0.5, 0.6) is 0 Å². The summed E-state index contributed by atoms with van der Waals surface area (Å²) in [6.07, 6.45) is 0. The SMILES string of the molecule is O=C(O)c1cc(C(=O)O)cc(-c2cc3cc4oc(-c5cc(C(=O)O)cc(C(=O)O)c5)cc4cc3o2)c1. The number of hydrogen-bond acceptors (Lipinski definition) is 6. The Morgan fingerprint density at radius 2 is 0.750 bits per heavy atom. The van der Waals surface area contributed by atoms with Crippen LogP contribution in [0.3, 0.4) is 0 Å². The highest BCUT2D eigenvalue weighted by atomic mass is 16.4. The Balaban J connectivity index is 1.60. The molecule has 5 rings (SSSR count). The maximum Gasteiger partial charge on any atom is 0.335 e. The Morgan fingerprint density at radius 1 is 0.444 bits per heavy atom. The first-order valence-corrected chi connectivity index (χ1v) is 10.3. The smallest absolute Gasteiger partial charge is 0.335 e. The highest BCUT2D eigenvalue weighted by molar-refractivity contribution is 6.00. The number of hydrogen-bond donors (Lipinski definition) is 4. The second-order valence-electron chi connectivity index (χ2n) is 7.97. The number of carbonyl (C=O) groups is 4. The third kappa shape index (κ3) is 3.92. The van der Waals surface area contributed by atoms with Gasteiger partial charge in [0, 0.05) is 21.9 Å². The second kappa shape index (κ2) is 8.13. The molecule has 0 fully saturated rings. The van der Waals surface area contributed by atoms with Gasteiger partial charge in [-0.25, -0.2) is 19.2 Å². The van der Waals surface area contributed by atoms with E-state index in [2.05, 4.69) is 0 Å². The Labute approximate surface area is 200 Å². The van der Waals surface area contributed by atoms with E-state index in [1.165, 1.54) is 24.3 Å². The monoisotopic (exact) mass is 486 g/mol. The van der Waals surface area contributed by atoms with E-state index in [4.69, 9.17) is 8.83 Å². The van der Waals surface area contributed by atoms with E-state index in [-0.39, 0.29) is 44.9 Å². The maximum absolute atomic E-state index is 11.4. The molecule has 178 valence electrons.